The first kappa shape index (κ1) is 16.7. The summed E-state index contributed by atoms with van der Waals surface area (Å²) < 4.78 is 13.0. The number of halogens is 1. The number of rotatable bonds is 2. The molecule has 0 spiro atoms. The molecule has 0 saturated carbocycles. The Hall–Kier alpha value is -2.14. The fourth-order valence-electron chi connectivity index (χ4n) is 2.97. The van der Waals surface area contributed by atoms with Gasteiger partial charge in [0, 0.05) is 37.6 Å². The smallest absolute Gasteiger partial charge is 0.173 e. The van der Waals surface area contributed by atoms with Crippen LogP contribution in [0.5, 0.6) is 0 Å². The molecule has 0 aromatic heterocycles. The number of anilines is 2. The van der Waals surface area contributed by atoms with Crippen molar-refractivity contribution in [2.75, 3.05) is 36.4 Å². The summed E-state index contributed by atoms with van der Waals surface area (Å²) in [5.74, 6) is -0.198. The van der Waals surface area contributed by atoms with E-state index in [1.54, 1.807) is 0 Å². The van der Waals surface area contributed by atoms with Crippen molar-refractivity contribution < 1.29 is 4.39 Å². The Morgan fingerprint density at radius 3 is 2.29 bits per heavy atom. The van der Waals surface area contributed by atoms with Gasteiger partial charge in [-0.05, 0) is 62.0 Å². The van der Waals surface area contributed by atoms with E-state index in [4.69, 9.17) is 12.2 Å². The Bertz CT molecular complexity index is 722. The molecule has 0 amide bonds. The normalized spacial score (nSPS) is 14.6. The number of benzene rings is 2. The zero-order valence-corrected chi connectivity index (χ0v) is 14.9. The Morgan fingerprint density at radius 1 is 1.00 bits per heavy atom. The van der Waals surface area contributed by atoms with E-state index in [0.29, 0.717) is 0 Å². The number of hydrogen-bond acceptors (Lipinski definition) is 2. The summed E-state index contributed by atoms with van der Waals surface area (Å²) >= 11 is 5.57. The molecule has 0 bridgehead atoms. The SMILES string of the molecule is Cc1ccc(NC(=S)N2CCN(c3ccc(F)cc3)CC2)c(C)c1. The highest BCUT2D eigenvalue weighted by molar-refractivity contribution is 7.80. The second-order valence-electron chi connectivity index (χ2n) is 6.20. The Balaban J connectivity index is 1.58. The average Bonchev–Trinajstić information content (AvgIpc) is 2.58. The van der Waals surface area contributed by atoms with E-state index >= 15 is 0 Å². The molecule has 24 heavy (non-hydrogen) atoms. The van der Waals surface area contributed by atoms with Gasteiger partial charge in [-0.25, -0.2) is 4.39 Å². The predicted octanol–water partition coefficient (Wildman–Crippen LogP) is 3.96. The maximum Gasteiger partial charge on any atom is 0.173 e. The lowest BCUT2D eigenvalue weighted by molar-refractivity contribution is 0.391. The van der Waals surface area contributed by atoms with Crippen molar-refractivity contribution in [1.82, 2.24) is 4.90 Å². The number of aryl methyl sites for hydroxylation is 2. The molecule has 3 nitrogen and oxygen atoms in total. The lowest BCUT2D eigenvalue weighted by Gasteiger charge is -2.37. The van der Waals surface area contributed by atoms with E-state index < -0.39 is 0 Å². The molecule has 1 saturated heterocycles. The third-order valence-electron chi connectivity index (χ3n) is 4.38. The van der Waals surface area contributed by atoms with Crippen LogP contribution >= 0.6 is 12.2 Å². The van der Waals surface area contributed by atoms with Gasteiger partial charge in [0.15, 0.2) is 5.11 Å². The van der Waals surface area contributed by atoms with Crippen LogP contribution in [0.25, 0.3) is 0 Å². The van der Waals surface area contributed by atoms with Crippen molar-refractivity contribution >= 4 is 28.7 Å². The summed E-state index contributed by atoms with van der Waals surface area (Å²) in [5, 5.41) is 4.12. The number of nitrogens with zero attached hydrogens (tertiary/aromatic N) is 2. The van der Waals surface area contributed by atoms with Crippen molar-refractivity contribution in [2.45, 2.75) is 13.8 Å². The molecule has 1 aliphatic rings. The summed E-state index contributed by atoms with van der Waals surface area (Å²) in [5.41, 5.74) is 4.56. The molecule has 1 N–H and O–H groups in total. The van der Waals surface area contributed by atoms with Gasteiger partial charge in [0.1, 0.15) is 5.82 Å². The number of thiocarbonyl (C=S) groups is 1. The quantitative estimate of drug-likeness (QED) is 0.832. The molecule has 5 heteroatoms. The standard InChI is InChI=1S/C19H22FN3S/c1-14-3-8-18(15(2)13-14)21-19(24)23-11-9-22(10-12-23)17-6-4-16(20)5-7-17/h3-8,13H,9-12H2,1-2H3,(H,21,24). The molecule has 1 heterocycles. The predicted molar refractivity (Wildman–Crippen MR) is 102 cm³/mol. The summed E-state index contributed by atoms with van der Waals surface area (Å²) in [6, 6.07) is 13.0. The highest BCUT2D eigenvalue weighted by atomic mass is 32.1. The van der Waals surface area contributed by atoms with Crippen LogP contribution in [0.15, 0.2) is 42.5 Å². The van der Waals surface area contributed by atoms with Crippen LogP contribution in [-0.2, 0) is 0 Å². The monoisotopic (exact) mass is 343 g/mol. The molecule has 1 aliphatic heterocycles. The van der Waals surface area contributed by atoms with E-state index in [2.05, 4.69) is 47.2 Å². The van der Waals surface area contributed by atoms with E-state index in [1.807, 2.05) is 12.1 Å². The number of piperazine rings is 1. The Kier molecular flexibility index (Phi) is 5.00. The zero-order valence-electron chi connectivity index (χ0n) is 14.1. The number of hydrogen-bond donors (Lipinski definition) is 1. The highest BCUT2D eigenvalue weighted by Crippen LogP contribution is 2.19. The van der Waals surface area contributed by atoms with Crippen LogP contribution in [0.1, 0.15) is 11.1 Å². The van der Waals surface area contributed by atoms with Crippen LogP contribution in [0.4, 0.5) is 15.8 Å². The van der Waals surface area contributed by atoms with Gasteiger partial charge < -0.3 is 15.1 Å². The average molecular weight is 343 g/mol. The van der Waals surface area contributed by atoms with E-state index in [1.165, 1.54) is 23.3 Å². The molecule has 0 atom stereocenters. The second kappa shape index (κ2) is 7.18. The molecule has 0 unspecified atom stereocenters. The van der Waals surface area contributed by atoms with Crippen molar-refractivity contribution in [2.24, 2.45) is 0 Å². The zero-order chi connectivity index (χ0) is 17.1. The summed E-state index contributed by atoms with van der Waals surface area (Å²) in [6.07, 6.45) is 0. The summed E-state index contributed by atoms with van der Waals surface area (Å²) in [6.45, 7) is 7.64. The minimum Gasteiger partial charge on any atom is -0.368 e. The summed E-state index contributed by atoms with van der Waals surface area (Å²) in [4.78, 5) is 4.45. The van der Waals surface area contributed by atoms with Crippen molar-refractivity contribution in [3.8, 4) is 0 Å². The van der Waals surface area contributed by atoms with Gasteiger partial charge in [0.2, 0.25) is 0 Å². The van der Waals surface area contributed by atoms with Crippen molar-refractivity contribution in [1.29, 1.82) is 0 Å². The van der Waals surface area contributed by atoms with Crippen LogP contribution in [-0.4, -0.2) is 36.2 Å². The van der Waals surface area contributed by atoms with Gasteiger partial charge in [-0.1, -0.05) is 17.7 Å². The van der Waals surface area contributed by atoms with E-state index in [0.717, 1.165) is 42.7 Å². The maximum absolute atomic E-state index is 13.0. The van der Waals surface area contributed by atoms with Gasteiger partial charge in [0.25, 0.3) is 0 Å². The third-order valence-corrected chi connectivity index (χ3v) is 4.74. The fraction of sp³-hybridized carbons (Fsp3) is 0.316. The molecular formula is C19H22FN3S. The van der Waals surface area contributed by atoms with Crippen molar-refractivity contribution in [3.63, 3.8) is 0 Å². The lowest BCUT2D eigenvalue weighted by Crippen LogP contribution is -2.50. The molecular weight excluding hydrogens is 321 g/mol. The van der Waals surface area contributed by atoms with Crippen LogP contribution in [0.2, 0.25) is 0 Å². The molecule has 0 aliphatic carbocycles. The molecule has 0 radical (unpaired) electrons. The fourth-order valence-corrected chi connectivity index (χ4v) is 3.26. The molecule has 3 rings (SSSR count). The highest BCUT2D eigenvalue weighted by Gasteiger charge is 2.19. The maximum atomic E-state index is 13.0. The van der Waals surface area contributed by atoms with Gasteiger partial charge in [-0.15, -0.1) is 0 Å². The van der Waals surface area contributed by atoms with Gasteiger partial charge in [0.05, 0.1) is 0 Å². The molecule has 1 fully saturated rings. The van der Waals surface area contributed by atoms with E-state index in [-0.39, 0.29) is 5.82 Å². The lowest BCUT2D eigenvalue weighted by atomic mass is 10.1. The molecule has 126 valence electrons. The Labute approximate surface area is 148 Å². The van der Waals surface area contributed by atoms with Gasteiger partial charge >= 0.3 is 0 Å². The van der Waals surface area contributed by atoms with Crippen LogP contribution < -0.4 is 10.2 Å². The minimum atomic E-state index is -0.198. The first-order valence-corrected chi connectivity index (χ1v) is 8.57. The van der Waals surface area contributed by atoms with Gasteiger partial charge in [-0.3, -0.25) is 0 Å². The minimum absolute atomic E-state index is 0.198. The largest absolute Gasteiger partial charge is 0.368 e. The topological polar surface area (TPSA) is 18.5 Å². The van der Waals surface area contributed by atoms with Gasteiger partial charge in [-0.2, -0.15) is 0 Å². The molecule has 2 aromatic rings. The third kappa shape index (κ3) is 3.85. The van der Waals surface area contributed by atoms with E-state index in [9.17, 15) is 4.39 Å². The Morgan fingerprint density at radius 2 is 1.67 bits per heavy atom. The first-order chi connectivity index (χ1) is 11.5. The second-order valence-corrected chi connectivity index (χ2v) is 6.59. The summed E-state index contributed by atoms with van der Waals surface area (Å²) in [7, 11) is 0. The van der Waals surface area contributed by atoms with Crippen LogP contribution in [0.3, 0.4) is 0 Å². The van der Waals surface area contributed by atoms with Crippen molar-refractivity contribution in [3.05, 3.63) is 59.4 Å². The van der Waals surface area contributed by atoms with Crippen LogP contribution in [0, 0.1) is 19.7 Å². The number of nitrogens with one attached hydrogen (secondary N) is 1. The first-order valence-electron chi connectivity index (χ1n) is 8.16. The molecule has 2 aromatic carbocycles.